The fraction of sp³-hybridized carbons (Fsp3) is 0.250. The van der Waals surface area contributed by atoms with E-state index in [0.29, 0.717) is 35.7 Å². The second-order valence-corrected chi connectivity index (χ2v) is 5.23. The van der Waals surface area contributed by atoms with Crippen LogP contribution < -0.4 is 9.64 Å². The van der Waals surface area contributed by atoms with Gasteiger partial charge in [-0.15, -0.1) is 0 Å². The molecule has 0 aliphatic carbocycles. The average Bonchev–Trinajstić information content (AvgIpc) is 2.56. The Bertz CT molecular complexity index is 776. The maximum Gasteiger partial charge on any atom is 0.272 e. The number of ether oxygens (including phenoxy) is 1. The number of benzene rings is 1. The molecule has 1 aromatic heterocycles. The predicted molar refractivity (Wildman–Crippen MR) is 83.6 cm³/mol. The summed E-state index contributed by atoms with van der Waals surface area (Å²) in [5.74, 6) is 0.488. The first-order valence-electron chi connectivity index (χ1n) is 7.18. The molecule has 0 fully saturated rings. The molecule has 0 bridgehead atoms. The Labute approximate surface area is 132 Å². The van der Waals surface area contributed by atoms with Crippen LogP contribution in [0.2, 0.25) is 0 Å². The largest absolute Gasteiger partial charge is 0.489 e. The highest BCUT2D eigenvalue weighted by Crippen LogP contribution is 2.31. The molecule has 0 atom stereocenters. The van der Waals surface area contributed by atoms with Gasteiger partial charge in [-0.05, 0) is 12.5 Å². The highest BCUT2D eigenvalue weighted by molar-refractivity contribution is 5.96. The molecule has 23 heavy (non-hydrogen) atoms. The van der Waals surface area contributed by atoms with Crippen molar-refractivity contribution in [3.05, 3.63) is 57.9 Å². The molecule has 118 valence electrons. The smallest absolute Gasteiger partial charge is 0.272 e. The number of carbonyl (C=O) groups is 1. The molecule has 2 heterocycles. The fourth-order valence-corrected chi connectivity index (χ4v) is 2.64. The maximum atomic E-state index is 12.6. The number of hydrogen-bond acceptors (Lipinski definition) is 5. The number of anilines is 1. The fourth-order valence-electron chi connectivity index (χ4n) is 2.64. The number of rotatable bonds is 3. The zero-order valence-corrected chi connectivity index (χ0v) is 12.6. The van der Waals surface area contributed by atoms with Crippen LogP contribution in [0.25, 0.3) is 0 Å². The molecular formula is C16H15N3O4. The Hall–Kier alpha value is -2.96. The zero-order valence-electron chi connectivity index (χ0n) is 12.6. The lowest BCUT2D eigenvalue weighted by molar-refractivity contribution is -0.385. The molecule has 0 saturated carbocycles. The molecule has 7 nitrogen and oxygen atoms in total. The molecule has 0 N–H and O–H groups in total. The predicted octanol–water partition coefficient (Wildman–Crippen LogP) is 2.27. The van der Waals surface area contributed by atoms with E-state index in [9.17, 15) is 14.9 Å². The molecule has 1 aliphatic rings. The molecule has 1 amide bonds. The van der Waals surface area contributed by atoms with Gasteiger partial charge >= 0.3 is 0 Å². The third kappa shape index (κ3) is 2.85. The van der Waals surface area contributed by atoms with Crippen LogP contribution >= 0.6 is 0 Å². The van der Waals surface area contributed by atoms with Crippen LogP contribution in [0.5, 0.6) is 5.75 Å². The summed E-state index contributed by atoms with van der Waals surface area (Å²) in [6.45, 7) is 2.51. The van der Waals surface area contributed by atoms with E-state index in [0.717, 1.165) is 0 Å². The molecule has 2 aromatic rings. The Kier molecular flexibility index (Phi) is 3.92. The number of nitro benzene ring substituents is 1. The number of nitro groups is 1. The van der Waals surface area contributed by atoms with Gasteiger partial charge in [-0.1, -0.05) is 12.1 Å². The average molecular weight is 313 g/mol. The van der Waals surface area contributed by atoms with Gasteiger partial charge in [0.25, 0.3) is 5.69 Å². The summed E-state index contributed by atoms with van der Waals surface area (Å²) < 4.78 is 5.51. The number of carbonyl (C=O) groups excluding carboxylic acids is 1. The summed E-state index contributed by atoms with van der Waals surface area (Å²) in [5.41, 5.74) is 1.83. The van der Waals surface area contributed by atoms with Crippen molar-refractivity contribution < 1.29 is 14.5 Å². The molecular weight excluding hydrogens is 298 g/mol. The van der Waals surface area contributed by atoms with Crippen molar-refractivity contribution in [1.29, 1.82) is 0 Å². The summed E-state index contributed by atoms with van der Waals surface area (Å²) >= 11 is 0. The summed E-state index contributed by atoms with van der Waals surface area (Å²) in [6.07, 6.45) is 3.30. The van der Waals surface area contributed by atoms with Crippen LogP contribution in [0.4, 0.5) is 11.4 Å². The van der Waals surface area contributed by atoms with E-state index in [-0.39, 0.29) is 18.0 Å². The van der Waals surface area contributed by atoms with Gasteiger partial charge in [0.15, 0.2) is 0 Å². The van der Waals surface area contributed by atoms with Crippen molar-refractivity contribution in [2.45, 2.75) is 13.3 Å². The minimum atomic E-state index is -0.433. The molecule has 3 rings (SSSR count). The van der Waals surface area contributed by atoms with Gasteiger partial charge < -0.3 is 9.64 Å². The zero-order chi connectivity index (χ0) is 16.4. The quantitative estimate of drug-likeness (QED) is 0.641. The number of fused-ring (bicyclic) bond motifs is 1. The van der Waals surface area contributed by atoms with Crippen LogP contribution in [-0.4, -0.2) is 29.0 Å². The van der Waals surface area contributed by atoms with Crippen molar-refractivity contribution in [3.63, 3.8) is 0 Å². The SMILES string of the molecule is Cc1c(CC(=O)N2CCOc3ccncc32)cccc1[N+](=O)[O-]. The molecule has 1 aromatic carbocycles. The number of aromatic nitrogens is 1. The number of nitrogens with zero attached hydrogens (tertiary/aromatic N) is 3. The summed E-state index contributed by atoms with van der Waals surface area (Å²) in [5, 5.41) is 11.0. The van der Waals surface area contributed by atoms with Crippen LogP contribution in [-0.2, 0) is 11.2 Å². The number of amides is 1. The normalized spacial score (nSPS) is 13.2. The van der Waals surface area contributed by atoms with Crippen molar-refractivity contribution >= 4 is 17.3 Å². The standard InChI is InChI=1S/C16H15N3O4/c1-11-12(3-2-4-13(11)19(21)22)9-16(20)18-7-8-23-15-5-6-17-10-14(15)18/h2-6,10H,7-9H2,1H3. The van der Waals surface area contributed by atoms with E-state index in [4.69, 9.17) is 4.74 Å². The summed E-state index contributed by atoms with van der Waals surface area (Å²) in [4.78, 5) is 28.9. The van der Waals surface area contributed by atoms with Crippen LogP contribution in [0.15, 0.2) is 36.7 Å². The van der Waals surface area contributed by atoms with Gasteiger partial charge in [0.2, 0.25) is 5.91 Å². The molecule has 7 heteroatoms. The highest BCUT2D eigenvalue weighted by Gasteiger charge is 2.25. The first-order chi connectivity index (χ1) is 11.1. The Morgan fingerprint density at radius 2 is 2.26 bits per heavy atom. The Morgan fingerprint density at radius 1 is 1.43 bits per heavy atom. The Morgan fingerprint density at radius 3 is 3.04 bits per heavy atom. The lowest BCUT2D eigenvalue weighted by atomic mass is 10.0. The maximum absolute atomic E-state index is 12.6. The summed E-state index contributed by atoms with van der Waals surface area (Å²) in [6, 6.07) is 6.50. The van der Waals surface area contributed by atoms with E-state index in [1.54, 1.807) is 42.4 Å². The lowest BCUT2D eigenvalue weighted by Gasteiger charge is -2.29. The van der Waals surface area contributed by atoms with Crippen LogP contribution in [0, 0.1) is 17.0 Å². The molecule has 0 spiro atoms. The first kappa shape index (κ1) is 15.0. The Balaban J connectivity index is 1.86. The van der Waals surface area contributed by atoms with Gasteiger partial charge in [0.05, 0.1) is 24.1 Å². The number of pyridine rings is 1. The molecule has 0 saturated heterocycles. The first-order valence-corrected chi connectivity index (χ1v) is 7.18. The van der Waals surface area contributed by atoms with E-state index >= 15 is 0 Å². The van der Waals surface area contributed by atoms with Crippen molar-refractivity contribution in [1.82, 2.24) is 4.98 Å². The van der Waals surface area contributed by atoms with Crippen molar-refractivity contribution in [3.8, 4) is 5.75 Å². The van der Waals surface area contributed by atoms with Crippen molar-refractivity contribution in [2.24, 2.45) is 0 Å². The van der Waals surface area contributed by atoms with Gasteiger partial charge in [0.1, 0.15) is 18.0 Å². The van der Waals surface area contributed by atoms with E-state index in [1.807, 2.05) is 0 Å². The minimum absolute atomic E-state index is 0.0272. The molecule has 0 radical (unpaired) electrons. The molecule has 0 unspecified atom stereocenters. The van der Waals surface area contributed by atoms with Gasteiger partial charge in [-0.25, -0.2) is 0 Å². The van der Waals surface area contributed by atoms with E-state index < -0.39 is 4.92 Å². The van der Waals surface area contributed by atoms with Crippen LogP contribution in [0.3, 0.4) is 0 Å². The van der Waals surface area contributed by atoms with E-state index in [1.165, 1.54) is 6.07 Å². The third-order valence-corrected chi connectivity index (χ3v) is 3.88. The van der Waals surface area contributed by atoms with Crippen LogP contribution in [0.1, 0.15) is 11.1 Å². The summed E-state index contributed by atoms with van der Waals surface area (Å²) in [7, 11) is 0. The third-order valence-electron chi connectivity index (χ3n) is 3.88. The van der Waals surface area contributed by atoms with Gasteiger partial charge in [-0.2, -0.15) is 0 Å². The monoisotopic (exact) mass is 313 g/mol. The second-order valence-electron chi connectivity index (χ2n) is 5.23. The molecule has 1 aliphatic heterocycles. The van der Waals surface area contributed by atoms with Crippen molar-refractivity contribution in [2.75, 3.05) is 18.1 Å². The topological polar surface area (TPSA) is 85.6 Å². The lowest BCUT2D eigenvalue weighted by Crippen LogP contribution is -2.39. The van der Waals surface area contributed by atoms with Gasteiger partial charge in [0, 0.05) is 23.9 Å². The van der Waals surface area contributed by atoms with E-state index in [2.05, 4.69) is 4.98 Å². The van der Waals surface area contributed by atoms with Gasteiger partial charge in [-0.3, -0.25) is 19.9 Å². The number of hydrogen-bond donors (Lipinski definition) is 0. The minimum Gasteiger partial charge on any atom is -0.489 e. The second kappa shape index (κ2) is 6.04. The highest BCUT2D eigenvalue weighted by atomic mass is 16.6.